The number of nitrogens with zero attached hydrogens (tertiary/aromatic N) is 2. The van der Waals surface area contributed by atoms with Crippen molar-refractivity contribution in [2.45, 2.75) is 18.9 Å². The Hall–Kier alpha value is -3.92. The van der Waals surface area contributed by atoms with Gasteiger partial charge >= 0.3 is 0 Å². The Morgan fingerprint density at radius 1 is 1.12 bits per heavy atom. The van der Waals surface area contributed by atoms with E-state index < -0.39 is 11.5 Å². The van der Waals surface area contributed by atoms with Crippen molar-refractivity contribution in [3.63, 3.8) is 0 Å². The fourth-order valence-corrected chi connectivity index (χ4v) is 3.82. The molecule has 1 saturated heterocycles. The van der Waals surface area contributed by atoms with Crippen LogP contribution < -0.4 is 25.7 Å². The van der Waals surface area contributed by atoms with Crippen molar-refractivity contribution in [3.05, 3.63) is 58.5 Å². The van der Waals surface area contributed by atoms with Crippen LogP contribution in [0.3, 0.4) is 0 Å². The van der Waals surface area contributed by atoms with Crippen LogP contribution in [-0.2, 0) is 9.53 Å². The minimum atomic E-state index is -0.579. The molecule has 1 fully saturated rings. The van der Waals surface area contributed by atoms with E-state index in [1.54, 1.807) is 42.5 Å². The van der Waals surface area contributed by atoms with Crippen molar-refractivity contribution in [3.8, 4) is 17.2 Å². The van der Waals surface area contributed by atoms with Crippen LogP contribution >= 0.6 is 0 Å². The van der Waals surface area contributed by atoms with Gasteiger partial charge in [0.15, 0.2) is 5.69 Å². The Balaban J connectivity index is 1.62. The SMILES string of the molecule is COc1ccc(-n2nc(C(=O)NCC(=O)NC[C@H]3CCCO3)c3ccccc3c2=O)c(OC)c1. The van der Waals surface area contributed by atoms with E-state index in [1.165, 1.54) is 14.2 Å². The molecule has 2 aromatic carbocycles. The number of rotatable bonds is 8. The minimum absolute atomic E-state index is 0.00768. The molecule has 3 aromatic rings. The summed E-state index contributed by atoms with van der Waals surface area (Å²) in [6.07, 6.45) is 1.89. The quantitative estimate of drug-likeness (QED) is 0.515. The van der Waals surface area contributed by atoms with E-state index in [0.717, 1.165) is 17.5 Å². The van der Waals surface area contributed by atoms with Crippen LogP contribution in [-0.4, -0.2) is 61.6 Å². The van der Waals surface area contributed by atoms with Gasteiger partial charge in [-0.05, 0) is 31.0 Å². The zero-order valence-corrected chi connectivity index (χ0v) is 19.0. The lowest BCUT2D eigenvalue weighted by molar-refractivity contribution is -0.120. The van der Waals surface area contributed by atoms with Crippen molar-refractivity contribution in [2.75, 3.05) is 33.9 Å². The number of benzene rings is 2. The topological polar surface area (TPSA) is 121 Å². The predicted octanol–water partition coefficient (Wildman–Crippen LogP) is 1.43. The highest BCUT2D eigenvalue weighted by Crippen LogP contribution is 2.27. The molecule has 0 aliphatic carbocycles. The molecule has 10 heteroatoms. The lowest BCUT2D eigenvalue weighted by Gasteiger charge is -2.14. The van der Waals surface area contributed by atoms with Gasteiger partial charge in [0.25, 0.3) is 11.5 Å². The first-order chi connectivity index (χ1) is 16.5. The summed E-state index contributed by atoms with van der Waals surface area (Å²) in [7, 11) is 2.99. The van der Waals surface area contributed by atoms with Crippen molar-refractivity contribution in [1.82, 2.24) is 20.4 Å². The molecule has 0 bridgehead atoms. The van der Waals surface area contributed by atoms with Crippen molar-refractivity contribution >= 4 is 22.6 Å². The molecule has 34 heavy (non-hydrogen) atoms. The number of hydrogen-bond donors (Lipinski definition) is 2. The number of ether oxygens (including phenoxy) is 3. The van der Waals surface area contributed by atoms with Crippen LogP contribution in [0.2, 0.25) is 0 Å². The minimum Gasteiger partial charge on any atom is -0.497 e. The van der Waals surface area contributed by atoms with E-state index in [9.17, 15) is 14.4 Å². The molecular weight excluding hydrogens is 440 g/mol. The molecule has 2 amide bonds. The monoisotopic (exact) mass is 466 g/mol. The number of carbonyl (C=O) groups excluding carboxylic acids is 2. The maximum atomic E-state index is 13.2. The highest BCUT2D eigenvalue weighted by atomic mass is 16.5. The van der Waals surface area contributed by atoms with Gasteiger partial charge in [0.2, 0.25) is 5.91 Å². The van der Waals surface area contributed by atoms with E-state index in [-0.39, 0.29) is 24.2 Å². The molecule has 2 N–H and O–H groups in total. The van der Waals surface area contributed by atoms with Crippen molar-refractivity contribution < 1.29 is 23.8 Å². The third-order valence-electron chi connectivity index (χ3n) is 5.60. The van der Waals surface area contributed by atoms with Crippen LogP contribution in [0, 0.1) is 0 Å². The van der Waals surface area contributed by atoms with Crippen LogP contribution in [0.1, 0.15) is 23.3 Å². The first-order valence-corrected chi connectivity index (χ1v) is 10.9. The predicted molar refractivity (Wildman–Crippen MR) is 125 cm³/mol. The molecule has 0 unspecified atom stereocenters. The van der Waals surface area contributed by atoms with Crippen LogP contribution in [0.25, 0.3) is 16.5 Å². The number of aromatic nitrogens is 2. The molecule has 0 radical (unpaired) electrons. The molecule has 1 aliphatic rings. The molecule has 0 saturated carbocycles. The molecule has 1 atom stereocenters. The maximum absolute atomic E-state index is 13.2. The summed E-state index contributed by atoms with van der Waals surface area (Å²) >= 11 is 0. The molecule has 1 aliphatic heterocycles. The van der Waals surface area contributed by atoms with Gasteiger partial charge in [0.05, 0.1) is 32.3 Å². The average molecular weight is 466 g/mol. The van der Waals surface area contributed by atoms with Crippen LogP contribution in [0.15, 0.2) is 47.3 Å². The summed E-state index contributed by atoms with van der Waals surface area (Å²) in [6, 6.07) is 11.6. The number of hydrogen-bond acceptors (Lipinski definition) is 7. The van der Waals surface area contributed by atoms with Crippen LogP contribution in [0.4, 0.5) is 0 Å². The Kier molecular flexibility index (Phi) is 7.07. The third kappa shape index (κ3) is 4.86. The normalized spacial score (nSPS) is 15.2. The van der Waals surface area contributed by atoms with Gasteiger partial charge in [-0.1, -0.05) is 18.2 Å². The first-order valence-electron chi connectivity index (χ1n) is 10.9. The van der Waals surface area contributed by atoms with E-state index in [2.05, 4.69) is 15.7 Å². The summed E-state index contributed by atoms with van der Waals surface area (Å²) in [5, 5.41) is 10.4. The summed E-state index contributed by atoms with van der Waals surface area (Å²) in [6.45, 7) is 0.870. The average Bonchev–Trinajstić information content (AvgIpc) is 3.40. The number of nitrogens with one attached hydrogen (secondary N) is 2. The van der Waals surface area contributed by atoms with Gasteiger partial charge in [-0.3, -0.25) is 14.4 Å². The second-order valence-electron chi connectivity index (χ2n) is 7.77. The van der Waals surface area contributed by atoms with Crippen molar-refractivity contribution in [1.29, 1.82) is 0 Å². The zero-order valence-electron chi connectivity index (χ0n) is 19.0. The van der Waals surface area contributed by atoms with E-state index in [1.807, 2.05) is 0 Å². The Labute approximate surface area is 195 Å². The molecule has 4 rings (SSSR count). The zero-order chi connectivity index (χ0) is 24.1. The molecule has 1 aromatic heterocycles. The molecule has 10 nitrogen and oxygen atoms in total. The number of fused-ring (bicyclic) bond motifs is 1. The lowest BCUT2D eigenvalue weighted by Crippen LogP contribution is -2.40. The fourth-order valence-electron chi connectivity index (χ4n) is 3.82. The maximum Gasteiger partial charge on any atom is 0.279 e. The summed E-state index contributed by atoms with van der Waals surface area (Å²) in [4.78, 5) is 38.4. The summed E-state index contributed by atoms with van der Waals surface area (Å²) in [5.74, 6) is -0.0199. The van der Waals surface area contributed by atoms with Gasteiger partial charge in [-0.15, -0.1) is 0 Å². The van der Waals surface area contributed by atoms with Crippen molar-refractivity contribution in [2.24, 2.45) is 0 Å². The summed E-state index contributed by atoms with van der Waals surface area (Å²) in [5.41, 5.74) is -0.0488. The Bertz CT molecular complexity index is 1270. The van der Waals surface area contributed by atoms with Gasteiger partial charge in [-0.25, -0.2) is 0 Å². The van der Waals surface area contributed by atoms with E-state index in [0.29, 0.717) is 41.1 Å². The standard InChI is InChI=1S/C24H26N4O6/c1-32-15-9-10-19(20(12-15)33-2)28-24(31)18-8-4-3-7-17(18)22(27-28)23(30)26-14-21(29)25-13-16-6-5-11-34-16/h3-4,7-10,12,16H,5-6,11,13-14H2,1-2H3,(H,25,29)(H,26,30)/t16-/m1/s1. The smallest absolute Gasteiger partial charge is 0.279 e. The van der Waals surface area contributed by atoms with Gasteiger partial charge in [-0.2, -0.15) is 9.78 Å². The largest absolute Gasteiger partial charge is 0.497 e. The first kappa shape index (κ1) is 23.2. The number of amides is 2. The van der Waals surface area contributed by atoms with Gasteiger partial charge < -0.3 is 24.8 Å². The summed E-state index contributed by atoms with van der Waals surface area (Å²) < 4.78 is 17.2. The highest BCUT2D eigenvalue weighted by molar-refractivity contribution is 6.05. The second-order valence-corrected chi connectivity index (χ2v) is 7.77. The Morgan fingerprint density at radius 2 is 1.91 bits per heavy atom. The molecule has 178 valence electrons. The van der Waals surface area contributed by atoms with Gasteiger partial charge in [0.1, 0.15) is 17.2 Å². The molecule has 0 spiro atoms. The third-order valence-corrected chi connectivity index (χ3v) is 5.60. The molecule has 2 heterocycles. The van der Waals surface area contributed by atoms with E-state index in [4.69, 9.17) is 14.2 Å². The fraction of sp³-hybridized carbons (Fsp3) is 0.333. The lowest BCUT2D eigenvalue weighted by atomic mass is 10.1. The molecular formula is C24H26N4O6. The Morgan fingerprint density at radius 3 is 2.62 bits per heavy atom. The van der Waals surface area contributed by atoms with E-state index >= 15 is 0 Å². The van der Waals surface area contributed by atoms with Crippen LogP contribution in [0.5, 0.6) is 11.5 Å². The van der Waals surface area contributed by atoms with Gasteiger partial charge in [0, 0.05) is 24.6 Å². The highest BCUT2D eigenvalue weighted by Gasteiger charge is 2.21. The number of carbonyl (C=O) groups is 2. The number of methoxy groups -OCH3 is 2. The second kappa shape index (κ2) is 10.3.